The second-order valence-electron chi connectivity index (χ2n) is 13.5. The SMILES string of the molecule is O=C(CN1CCC2(C3CCCCCC3)C(Cl)CCCC12)NC1(C2CCCCCCCC2)Nc2ccccc2N1. The summed E-state index contributed by atoms with van der Waals surface area (Å²) in [5.74, 6) is 0.623. The predicted molar refractivity (Wildman–Crippen MR) is 162 cm³/mol. The van der Waals surface area contributed by atoms with Crippen molar-refractivity contribution in [2.75, 3.05) is 23.7 Å². The van der Waals surface area contributed by atoms with Crippen molar-refractivity contribution in [3.63, 3.8) is 0 Å². The molecule has 3 N–H and O–H groups in total. The van der Waals surface area contributed by atoms with E-state index >= 15 is 0 Å². The number of anilines is 2. The van der Waals surface area contributed by atoms with Crippen LogP contribution >= 0.6 is 11.6 Å². The molecule has 216 valence electrons. The van der Waals surface area contributed by atoms with Crippen LogP contribution in [0.3, 0.4) is 0 Å². The summed E-state index contributed by atoms with van der Waals surface area (Å²) < 4.78 is 0. The number of nitrogens with zero attached hydrogens (tertiary/aromatic N) is 1. The van der Waals surface area contributed by atoms with Crippen LogP contribution in [0.25, 0.3) is 0 Å². The number of carbonyl (C=O) groups excluding carboxylic acids is 1. The third-order valence-electron chi connectivity index (χ3n) is 11.3. The van der Waals surface area contributed by atoms with E-state index in [1.807, 2.05) is 0 Å². The largest absolute Gasteiger partial charge is 0.344 e. The van der Waals surface area contributed by atoms with Gasteiger partial charge < -0.3 is 16.0 Å². The maximum absolute atomic E-state index is 14.0. The fourth-order valence-electron chi connectivity index (χ4n) is 9.35. The molecule has 6 rings (SSSR count). The van der Waals surface area contributed by atoms with Crippen LogP contribution < -0.4 is 16.0 Å². The van der Waals surface area contributed by atoms with Gasteiger partial charge >= 0.3 is 0 Å². The minimum Gasteiger partial charge on any atom is -0.344 e. The lowest BCUT2D eigenvalue weighted by Gasteiger charge is -2.50. The van der Waals surface area contributed by atoms with Crippen molar-refractivity contribution >= 4 is 28.9 Å². The fourth-order valence-corrected chi connectivity index (χ4v) is 9.94. The van der Waals surface area contributed by atoms with Crippen LogP contribution in [0.15, 0.2) is 24.3 Å². The minimum absolute atomic E-state index is 0.149. The molecule has 2 heterocycles. The molecule has 1 saturated heterocycles. The summed E-state index contributed by atoms with van der Waals surface area (Å²) in [6.07, 6.45) is 22.8. The van der Waals surface area contributed by atoms with Gasteiger partial charge in [0.05, 0.1) is 17.9 Å². The molecule has 4 fully saturated rings. The van der Waals surface area contributed by atoms with Crippen molar-refractivity contribution in [3.05, 3.63) is 24.3 Å². The monoisotopic (exact) mass is 554 g/mol. The molecule has 2 aliphatic heterocycles. The minimum atomic E-state index is -0.606. The van der Waals surface area contributed by atoms with Crippen molar-refractivity contribution in [2.45, 2.75) is 133 Å². The first-order valence-electron chi connectivity index (χ1n) is 16.5. The maximum atomic E-state index is 14.0. The Morgan fingerprint density at radius 2 is 1.36 bits per heavy atom. The lowest BCUT2D eigenvalue weighted by atomic mass is 9.60. The molecule has 1 aromatic carbocycles. The van der Waals surface area contributed by atoms with Gasteiger partial charge in [-0.2, -0.15) is 0 Å². The molecule has 3 saturated carbocycles. The van der Waals surface area contributed by atoms with Crippen LogP contribution in [-0.4, -0.2) is 41.1 Å². The molecule has 0 aromatic heterocycles. The molecule has 3 aliphatic carbocycles. The summed E-state index contributed by atoms with van der Waals surface area (Å²) in [7, 11) is 0. The summed E-state index contributed by atoms with van der Waals surface area (Å²) in [5.41, 5.74) is 2.40. The van der Waals surface area contributed by atoms with Gasteiger partial charge in [-0.3, -0.25) is 9.69 Å². The Labute approximate surface area is 241 Å². The molecule has 0 spiro atoms. The summed E-state index contributed by atoms with van der Waals surface area (Å²) in [4.78, 5) is 16.5. The molecule has 6 heteroatoms. The van der Waals surface area contributed by atoms with E-state index < -0.39 is 5.79 Å². The van der Waals surface area contributed by atoms with Crippen LogP contribution in [0.2, 0.25) is 0 Å². The van der Waals surface area contributed by atoms with Crippen molar-refractivity contribution in [3.8, 4) is 0 Å². The van der Waals surface area contributed by atoms with E-state index in [-0.39, 0.29) is 16.7 Å². The van der Waals surface area contributed by atoms with Gasteiger partial charge in [-0.05, 0) is 69.5 Å². The van der Waals surface area contributed by atoms with Crippen molar-refractivity contribution < 1.29 is 4.79 Å². The Kier molecular flexibility index (Phi) is 8.65. The van der Waals surface area contributed by atoms with Crippen LogP contribution in [0.5, 0.6) is 0 Å². The second kappa shape index (κ2) is 12.2. The number of alkyl halides is 1. The van der Waals surface area contributed by atoms with E-state index in [2.05, 4.69) is 45.1 Å². The van der Waals surface area contributed by atoms with E-state index in [1.165, 1.54) is 96.3 Å². The highest BCUT2D eigenvalue weighted by Crippen LogP contribution is 2.57. The van der Waals surface area contributed by atoms with E-state index in [0.717, 1.165) is 43.1 Å². The zero-order valence-corrected chi connectivity index (χ0v) is 24.8. The number of benzene rings is 1. The first kappa shape index (κ1) is 27.7. The fraction of sp³-hybridized carbons (Fsp3) is 0.788. The van der Waals surface area contributed by atoms with Crippen LogP contribution in [0.1, 0.15) is 116 Å². The molecule has 3 unspecified atom stereocenters. The molecule has 39 heavy (non-hydrogen) atoms. The Bertz CT molecular complexity index is 943. The topological polar surface area (TPSA) is 56.4 Å². The maximum Gasteiger partial charge on any atom is 0.237 e. The zero-order chi connectivity index (χ0) is 26.7. The zero-order valence-electron chi connectivity index (χ0n) is 24.0. The van der Waals surface area contributed by atoms with Gasteiger partial charge in [0.15, 0.2) is 5.79 Å². The van der Waals surface area contributed by atoms with Crippen LogP contribution in [-0.2, 0) is 4.79 Å². The third-order valence-corrected chi connectivity index (χ3v) is 11.9. The summed E-state index contributed by atoms with van der Waals surface area (Å²) >= 11 is 7.27. The molecular formula is C33H51ClN4O. The van der Waals surface area contributed by atoms with E-state index in [0.29, 0.717) is 18.5 Å². The Morgan fingerprint density at radius 1 is 0.795 bits per heavy atom. The number of nitrogens with one attached hydrogen (secondary N) is 3. The first-order valence-corrected chi connectivity index (χ1v) is 16.9. The van der Waals surface area contributed by atoms with Gasteiger partial charge in [-0.1, -0.05) is 82.8 Å². The molecule has 1 aromatic rings. The Balaban J connectivity index is 1.20. The number of likely N-dealkylation sites (tertiary alicyclic amines) is 1. The first-order chi connectivity index (χ1) is 19.1. The summed E-state index contributed by atoms with van der Waals surface area (Å²) in [6.45, 7) is 1.49. The highest BCUT2D eigenvalue weighted by molar-refractivity contribution is 6.21. The molecule has 0 bridgehead atoms. The molecule has 0 radical (unpaired) electrons. The number of para-hydroxylation sites is 2. The molecule has 1 amide bonds. The predicted octanol–water partition coefficient (Wildman–Crippen LogP) is 7.87. The number of carbonyl (C=O) groups is 1. The standard InChI is InChI=1S/C33H51ClN4O/c34-29-20-13-21-30-32(29,25-14-7-5-6-8-15-25)22-23-38(30)24-31(39)37-33(26-16-9-3-1-2-4-10-17-26)35-27-18-11-12-19-28(27)36-33/h11-12,18-19,25-26,29-30,35-36H,1-10,13-17,20-24H2,(H,37,39). The van der Waals surface area contributed by atoms with Gasteiger partial charge in [-0.15, -0.1) is 11.6 Å². The van der Waals surface area contributed by atoms with Crippen LogP contribution in [0, 0.1) is 17.3 Å². The summed E-state index contributed by atoms with van der Waals surface area (Å²) in [5, 5.41) is 11.4. The Morgan fingerprint density at radius 3 is 1.97 bits per heavy atom. The van der Waals surface area contributed by atoms with Gasteiger partial charge in [0.25, 0.3) is 0 Å². The normalized spacial score (nSPS) is 32.4. The van der Waals surface area contributed by atoms with E-state index in [1.54, 1.807) is 0 Å². The highest BCUT2D eigenvalue weighted by Gasteiger charge is 2.57. The van der Waals surface area contributed by atoms with Crippen LogP contribution in [0.4, 0.5) is 11.4 Å². The third kappa shape index (κ3) is 5.56. The van der Waals surface area contributed by atoms with Gasteiger partial charge in [-0.25, -0.2) is 0 Å². The van der Waals surface area contributed by atoms with Gasteiger partial charge in [0, 0.05) is 22.8 Å². The average Bonchev–Trinajstić information content (AvgIpc) is 3.42. The van der Waals surface area contributed by atoms with Crippen molar-refractivity contribution in [1.29, 1.82) is 0 Å². The molecular weight excluding hydrogens is 504 g/mol. The number of hydrogen-bond donors (Lipinski definition) is 3. The van der Waals surface area contributed by atoms with Gasteiger partial charge in [0.2, 0.25) is 5.91 Å². The lowest BCUT2D eigenvalue weighted by Crippen LogP contribution is -2.64. The second-order valence-corrected chi connectivity index (χ2v) is 14.0. The molecule has 5 aliphatic rings. The van der Waals surface area contributed by atoms with Crippen molar-refractivity contribution in [1.82, 2.24) is 10.2 Å². The average molecular weight is 555 g/mol. The van der Waals surface area contributed by atoms with E-state index in [9.17, 15) is 4.79 Å². The number of hydrogen-bond acceptors (Lipinski definition) is 4. The van der Waals surface area contributed by atoms with Gasteiger partial charge in [0.1, 0.15) is 0 Å². The molecule has 5 nitrogen and oxygen atoms in total. The highest BCUT2D eigenvalue weighted by atomic mass is 35.5. The number of fused-ring (bicyclic) bond motifs is 2. The number of rotatable bonds is 5. The van der Waals surface area contributed by atoms with E-state index in [4.69, 9.17) is 11.6 Å². The number of halogens is 1. The number of amides is 1. The Hall–Kier alpha value is -1.46. The lowest BCUT2D eigenvalue weighted by molar-refractivity contribution is -0.125. The quantitative estimate of drug-likeness (QED) is 0.256. The summed E-state index contributed by atoms with van der Waals surface area (Å²) in [6, 6.07) is 8.88. The smallest absolute Gasteiger partial charge is 0.237 e. The molecule has 3 atom stereocenters. The van der Waals surface area contributed by atoms with Crippen molar-refractivity contribution in [2.24, 2.45) is 17.3 Å².